The van der Waals surface area contributed by atoms with Crippen molar-refractivity contribution in [3.05, 3.63) is 65.5 Å². The maximum Gasteiger partial charge on any atom is 0.258 e. The predicted octanol–water partition coefficient (Wildman–Crippen LogP) is 2.21. The fourth-order valence-corrected chi connectivity index (χ4v) is 3.04. The number of amides is 3. The molecule has 3 amide bonds. The first-order valence-electron chi connectivity index (χ1n) is 8.76. The van der Waals surface area contributed by atoms with Gasteiger partial charge in [-0.25, -0.2) is 0 Å². The molecule has 1 aromatic heterocycles. The molecule has 3 heterocycles. The molecule has 0 aliphatic carbocycles. The number of carbonyl (C=O) groups is 3. The molecule has 0 saturated carbocycles. The summed E-state index contributed by atoms with van der Waals surface area (Å²) < 4.78 is 0. The fraction of sp³-hybridized carbons (Fsp3) is 0.300. The first-order valence-corrected chi connectivity index (χ1v) is 8.76. The Morgan fingerprint density at radius 1 is 0.962 bits per heavy atom. The minimum Gasteiger partial charge on any atom is -0.343 e. The third-order valence-corrected chi connectivity index (χ3v) is 4.48. The Kier molecular flexibility index (Phi) is 5.73. The summed E-state index contributed by atoms with van der Waals surface area (Å²) in [5, 5.41) is 2.20. The summed E-state index contributed by atoms with van der Waals surface area (Å²) in [7, 11) is 0. The Labute approximate surface area is 152 Å². The van der Waals surface area contributed by atoms with Gasteiger partial charge in [-0.1, -0.05) is 12.1 Å². The van der Waals surface area contributed by atoms with E-state index in [1.807, 2.05) is 17.0 Å². The smallest absolute Gasteiger partial charge is 0.258 e. The van der Waals surface area contributed by atoms with Crippen LogP contribution in [0.3, 0.4) is 0 Å². The van der Waals surface area contributed by atoms with Gasteiger partial charge in [0.25, 0.3) is 11.8 Å². The van der Waals surface area contributed by atoms with E-state index >= 15 is 0 Å². The van der Waals surface area contributed by atoms with Gasteiger partial charge in [0.15, 0.2) is 0 Å². The molecule has 2 aromatic rings. The van der Waals surface area contributed by atoms with Gasteiger partial charge in [0.2, 0.25) is 5.91 Å². The van der Waals surface area contributed by atoms with Crippen LogP contribution < -0.4 is 5.32 Å². The van der Waals surface area contributed by atoms with Crippen molar-refractivity contribution in [1.29, 1.82) is 0 Å². The molecule has 6 heteroatoms. The van der Waals surface area contributed by atoms with Gasteiger partial charge in [0.05, 0.1) is 11.1 Å². The zero-order valence-electron chi connectivity index (χ0n) is 14.5. The van der Waals surface area contributed by atoms with Crippen molar-refractivity contribution in [3.63, 3.8) is 0 Å². The monoisotopic (exact) mass is 351 g/mol. The number of imide groups is 1. The van der Waals surface area contributed by atoms with E-state index in [1.54, 1.807) is 36.7 Å². The van der Waals surface area contributed by atoms with Crippen LogP contribution >= 0.6 is 0 Å². The maximum atomic E-state index is 11.7. The molecule has 0 atom stereocenters. The van der Waals surface area contributed by atoms with Gasteiger partial charge in [-0.15, -0.1) is 0 Å². The van der Waals surface area contributed by atoms with Gasteiger partial charge >= 0.3 is 0 Å². The normalized spacial score (nSPS) is 15.2. The number of pyridine rings is 1. The van der Waals surface area contributed by atoms with Crippen molar-refractivity contribution in [2.24, 2.45) is 0 Å². The molecule has 2 aliphatic rings. The first-order chi connectivity index (χ1) is 12.6. The molecule has 1 N–H and O–H groups in total. The summed E-state index contributed by atoms with van der Waals surface area (Å²) in [5.74, 6) is -0.305. The second-order valence-corrected chi connectivity index (χ2v) is 6.27. The van der Waals surface area contributed by atoms with E-state index in [1.165, 1.54) is 18.4 Å². The van der Waals surface area contributed by atoms with E-state index in [2.05, 4.69) is 10.3 Å². The third kappa shape index (κ3) is 4.33. The summed E-state index contributed by atoms with van der Waals surface area (Å²) in [6.45, 7) is 1.91. The summed E-state index contributed by atoms with van der Waals surface area (Å²) in [5.41, 5.74) is 2.13. The Balaban J connectivity index is 0.000000158. The van der Waals surface area contributed by atoms with Gasteiger partial charge in [0, 0.05) is 31.9 Å². The lowest BCUT2D eigenvalue weighted by molar-refractivity contribution is -0.130. The molecule has 0 spiro atoms. The Bertz CT molecular complexity index is 766. The molecule has 0 bridgehead atoms. The van der Waals surface area contributed by atoms with Crippen LogP contribution in [0.1, 0.15) is 45.5 Å². The van der Waals surface area contributed by atoms with Crippen molar-refractivity contribution < 1.29 is 14.4 Å². The van der Waals surface area contributed by atoms with Crippen molar-refractivity contribution >= 4 is 17.7 Å². The molecule has 1 saturated heterocycles. The lowest BCUT2D eigenvalue weighted by Crippen LogP contribution is -2.27. The van der Waals surface area contributed by atoms with Gasteiger partial charge in [-0.3, -0.25) is 24.7 Å². The number of fused-ring (bicyclic) bond motifs is 1. The zero-order chi connectivity index (χ0) is 18.4. The maximum absolute atomic E-state index is 11.7. The molecule has 1 fully saturated rings. The molecule has 0 unspecified atom stereocenters. The van der Waals surface area contributed by atoms with Crippen molar-refractivity contribution in [2.75, 3.05) is 13.1 Å². The lowest BCUT2D eigenvalue weighted by atomic mass is 10.1. The van der Waals surface area contributed by atoms with E-state index in [9.17, 15) is 14.4 Å². The van der Waals surface area contributed by atoms with Crippen molar-refractivity contribution in [1.82, 2.24) is 15.2 Å². The number of likely N-dealkylation sites (tertiary alicyclic amines) is 1. The highest BCUT2D eigenvalue weighted by molar-refractivity contribution is 6.21. The van der Waals surface area contributed by atoms with Crippen LogP contribution in [0, 0.1) is 0 Å². The average molecular weight is 351 g/mol. The highest BCUT2D eigenvalue weighted by Gasteiger charge is 2.25. The van der Waals surface area contributed by atoms with E-state index < -0.39 is 0 Å². The number of benzene rings is 1. The Hall–Kier alpha value is -3.02. The lowest BCUT2D eigenvalue weighted by Gasteiger charge is -2.14. The topological polar surface area (TPSA) is 79.4 Å². The second kappa shape index (κ2) is 8.38. The van der Waals surface area contributed by atoms with Crippen LogP contribution in [-0.4, -0.2) is 40.7 Å². The van der Waals surface area contributed by atoms with E-state index in [-0.39, 0.29) is 11.8 Å². The molecule has 134 valence electrons. The molecule has 0 radical (unpaired) electrons. The first kappa shape index (κ1) is 17.8. The van der Waals surface area contributed by atoms with Gasteiger partial charge in [0.1, 0.15) is 0 Å². The van der Waals surface area contributed by atoms with Crippen LogP contribution in [0.15, 0.2) is 48.8 Å². The zero-order valence-corrected chi connectivity index (χ0v) is 14.5. The molecule has 2 aliphatic heterocycles. The standard InChI is InChI=1S/C12H16N2O.C8H5NO2/c15-12(14-9-1-2-10-14)4-3-11-5-7-13-8-6-11;10-7-5-3-1-2-4-6(5)8(11)9-7/h5-8H,1-4,9-10H2;1-4H,(H,9,10,11). The number of rotatable bonds is 3. The summed E-state index contributed by atoms with van der Waals surface area (Å²) in [6, 6.07) is 10.7. The summed E-state index contributed by atoms with van der Waals surface area (Å²) >= 11 is 0. The number of nitrogens with zero attached hydrogens (tertiary/aromatic N) is 2. The van der Waals surface area contributed by atoms with Crippen LogP contribution in [0.4, 0.5) is 0 Å². The summed E-state index contributed by atoms with van der Waals surface area (Å²) in [4.78, 5) is 39.5. The number of nitrogens with one attached hydrogen (secondary N) is 1. The van der Waals surface area contributed by atoms with E-state index in [0.29, 0.717) is 23.5 Å². The van der Waals surface area contributed by atoms with Crippen LogP contribution in [0.5, 0.6) is 0 Å². The average Bonchev–Trinajstić information content (AvgIpc) is 3.31. The van der Waals surface area contributed by atoms with Crippen molar-refractivity contribution in [3.8, 4) is 0 Å². The Morgan fingerprint density at radius 2 is 1.54 bits per heavy atom. The van der Waals surface area contributed by atoms with Gasteiger partial charge in [-0.05, 0) is 49.1 Å². The van der Waals surface area contributed by atoms with E-state index in [4.69, 9.17) is 0 Å². The number of hydrogen-bond acceptors (Lipinski definition) is 4. The molecule has 6 nitrogen and oxygen atoms in total. The number of aromatic nitrogens is 1. The second-order valence-electron chi connectivity index (χ2n) is 6.27. The SMILES string of the molecule is O=C(CCc1ccncc1)N1CCCC1.O=C1NC(=O)c2ccccc21. The molecule has 26 heavy (non-hydrogen) atoms. The molecular weight excluding hydrogens is 330 g/mol. The number of aryl methyl sites for hydroxylation is 1. The summed E-state index contributed by atoms with van der Waals surface area (Å²) in [6.07, 6.45) is 7.34. The quantitative estimate of drug-likeness (QED) is 0.860. The number of carbonyl (C=O) groups excluding carboxylic acids is 3. The minimum atomic E-state index is -0.300. The highest BCUT2D eigenvalue weighted by Crippen LogP contribution is 2.13. The van der Waals surface area contributed by atoms with Gasteiger partial charge < -0.3 is 4.90 Å². The fourth-order valence-electron chi connectivity index (χ4n) is 3.04. The van der Waals surface area contributed by atoms with E-state index in [0.717, 1.165) is 19.5 Å². The van der Waals surface area contributed by atoms with Crippen LogP contribution in [-0.2, 0) is 11.2 Å². The highest BCUT2D eigenvalue weighted by atomic mass is 16.2. The molecule has 4 rings (SSSR count). The largest absolute Gasteiger partial charge is 0.343 e. The molecular formula is C20H21N3O3. The predicted molar refractivity (Wildman–Crippen MR) is 96.6 cm³/mol. The van der Waals surface area contributed by atoms with Crippen LogP contribution in [0.25, 0.3) is 0 Å². The Morgan fingerprint density at radius 3 is 2.12 bits per heavy atom. The van der Waals surface area contributed by atoms with Crippen molar-refractivity contribution in [2.45, 2.75) is 25.7 Å². The minimum absolute atomic E-state index is 0.296. The van der Waals surface area contributed by atoms with Gasteiger partial charge in [-0.2, -0.15) is 0 Å². The van der Waals surface area contributed by atoms with Crippen LogP contribution in [0.2, 0.25) is 0 Å². The molecule has 1 aromatic carbocycles. The third-order valence-electron chi connectivity index (χ3n) is 4.48. The number of hydrogen-bond donors (Lipinski definition) is 1.